The van der Waals surface area contributed by atoms with Gasteiger partial charge >= 0.3 is 0 Å². The summed E-state index contributed by atoms with van der Waals surface area (Å²) in [4.78, 5) is 0. The monoisotopic (exact) mass is 291 g/mol. The molecule has 2 aromatic rings. The minimum Gasteiger partial charge on any atom is -0.457 e. The van der Waals surface area contributed by atoms with Crippen molar-refractivity contribution >= 4 is 12.4 Å². The van der Waals surface area contributed by atoms with E-state index in [2.05, 4.69) is 37.4 Å². The summed E-state index contributed by atoms with van der Waals surface area (Å²) in [6.45, 7) is 6.20. The Morgan fingerprint density at radius 2 is 1.70 bits per heavy atom. The predicted molar refractivity (Wildman–Crippen MR) is 86.9 cm³/mol. The van der Waals surface area contributed by atoms with Crippen molar-refractivity contribution in [3.63, 3.8) is 0 Å². The molecule has 1 N–H and O–H groups in total. The lowest BCUT2D eigenvalue weighted by molar-refractivity contribution is 0.478. The van der Waals surface area contributed by atoms with Crippen LogP contribution in [0.15, 0.2) is 48.5 Å². The average molecular weight is 292 g/mol. The Hall–Kier alpha value is -1.51. The number of hydrogen-bond donors (Lipinski definition) is 1. The van der Waals surface area contributed by atoms with E-state index in [1.54, 1.807) is 0 Å². The van der Waals surface area contributed by atoms with Crippen molar-refractivity contribution in [2.45, 2.75) is 26.8 Å². The number of para-hydroxylation sites is 1. The fraction of sp³-hybridized carbons (Fsp3) is 0.294. The molecule has 2 nitrogen and oxygen atoms in total. The number of nitrogens with one attached hydrogen (secondary N) is 1. The van der Waals surface area contributed by atoms with E-state index in [1.165, 1.54) is 5.56 Å². The molecule has 0 saturated heterocycles. The van der Waals surface area contributed by atoms with E-state index in [1.807, 2.05) is 30.3 Å². The molecule has 0 radical (unpaired) electrons. The Labute approximate surface area is 127 Å². The van der Waals surface area contributed by atoms with Gasteiger partial charge in [0.2, 0.25) is 0 Å². The molecular weight excluding hydrogens is 270 g/mol. The molecule has 108 valence electrons. The summed E-state index contributed by atoms with van der Waals surface area (Å²) >= 11 is 0. The molecule has 20 heavy (non-hydrogen) atoms. The minimum absolute atomic E-state index is 0. The summed E-state index contributed by atoms with van der Waals surface area (Å²) in [7, 11) is 0. The zero-order chi connectivity index (χ0) is 13.5. The Kier molecular flexibility index (Phi) is 7.13. The summed E-state index contributed by atoms with van der Waals surface area (Å²) in [5, 5.41) is 3.39. The quantitative estimate of drug-likeness (QED) is 0.778. The van der Waals surface area contributed by atoms with Crippen molar-refractivity contribution in [2.75, 3.05) is 6.54 Å². The van der Waals surface area contributed by atoms with Crippen LogP contribution >= 0.6 is 12.4 Å². The van der Waals surface area contributed by atoms with Gasteiger partial charge in [0, 0.05) is 6.54 Å². The SMILES string of the molecule is CCCNCc1ccc(Oc2ccccc2C)cc1.Cl. The van der Waals surface area contributed by atoms with E-state index in [0.29, 0.717) is 0 Å². The van der Waals surface area contributed by atoms with Crippen molar-refractivity contribution in [2.24, 2.45) is 0 Å². The van der Waals surface area contributed by atoms with Gasteiger partial charge < -0.3 is 10.1 Å². The van der Waals surface area contributed by atoms with Crippen LogP contribution < -0.4 is 10.1 Å². The lowest BCUT2D eigenvalue weighted by Gasteiger charge is -2.09. The summed E-state index contributed by atoms with van der Waals surface area (Å²) in [5.74, 6) is 1.80. The van der Waals surface area contributed by atoms with Crippen LogP contribution in [0.5, 0.6) is 11.5 Å². The lowest BCUT2D eigenvalue weighted by Crippen LogP contribution is -2.13. The van der Waals surface area contributed by atoms with Gasteiger partial charge in [0.1, 0.15) is 11.5 Å². The maximum absolute atomic E-state index is 5.87. The van der Waals surface area contributed by atoms with Gasteiger partial charge in [0.25, 0.3) is 0 Å². The highest BCUT2D eigenvalue weighted by molar-refractivity contribution is 5.85. The Bertz CT molecular complexity index is 511. The zero-order valence-corrected chi connectivity index (χ0v) is 12.9. The Balaban J connectivity index is 0.00000200. The summed E-state index contributed by atoms with van der Waals surface area (Å²) in [6, 6.07) is 16.3. The number of benzene rings is 2. The van der Waals surface area contributed by atoms with Gasteiger partial charge in [-0.05, 0) is 49.2 Å². The number of hydrogen-bond acceptors (Lipinski definition) is 2. The van der Waals surface area contributed by atoms with E-state index in [0.717, 1.165) is 36.6 Å². The molecule has 0 heterocycles. The number of halogens is 1. The van der Waals surface area contributed by atoms with E-state index in [-0.39, 0.29) is 12.4 Å². The molecule has 2 rings (SSSR count). The fourth-order valence-corrected chi connectivity index (χ4v) is 1.88. The van der Waals surface area contributed by atoms with Crippen molar-refractivity contribution < 1.29 is 4.74 Å². The highest BCUT2D eigenvalue weighted by Crippen LogP contribution is 2.24. The predicted octanol–water partition coefficient (Wildman–Crippen LogP) is 4.71. The topological polar surface area (TPSA) is 21.3 Å². The third-order valence-electron chi connectivity index (χ3n) is 3.00. The number of aryl methyl sites for hydroxylation is 1. The van der Waals surface area contributed by atoms with E-state index < -0.39 is 0 Å². The maximum atomic E-state index is 5.87. The standard InChI is InChI=1S/C17H21NO.ClH/c1-3-12-18-13-15-8-10-16(11-9-15)19-17-7-5-4-6-14(17)2;/h4-11,18H,3,12-13H2,1-2H3;1H. The molecule has 0 fully saturated rings. The molecule has 0 unspecified atom stereocenters. The normalized spacial score (nSPS) is 9.90. The second-order valence-corrected chi connectivity index (χ2v) is 4.69. The third-order valence-corrected chi connectivity index (χ3v) is 3.00. The number of ether oxygens (including phenoxy) is 1. The van der Waals surface area contributed by atoms with Gasteiger partial charge in [-0.2, -0.15) is 0 Å². The molecular formula is C17H22ClNO. The van der Waals surface area contributed by atoms with Crippen LogP contribution in [0.1, 0.15) is 24.5 Å². The van der Waals surface area contributed by atoms with Crippen LogP contribution in [0.2, 0.25) is 0 Å². The van der Waals surface area contributed by atoms with Gasteiger partial charge in [0.15, 0.2) is 0 Å². The Morgan fingerprint density at radius 1 is 1.00 bits per heavy atom. The van der Waals surface area contributed by atoms with Crippen LogP contribution in [0.4, 0.5) is 0 Å². The van der Waals surface area contributed by atoms with E-state index in [9.17, 15) is 0 Å². The highest BCUT2D eigenvalue weighted by atomic mass is 35.5. The first kappa shape index (κ1) is 16.5. The van der Waals surface area contributed by atoms with Crippen LogP contribution in [-0.4, -0.2) is 6.54 Å². The second-order valence-electron chi connectivity index (χ2n) is 4.69. The lowest BCUT2D eigenvalue weighted by atomic mass is 10.2. The van der Waals surface area contributed by atoms with Crippen molar-refractivity contribution in [3.8, 4) is 11.5 Å². The van der Waals surface area contributed by atoms with E-state index in [4.69, 9.17) is 4.74 Å². The van der Waals surface area contributed by atoms with Crippen LogP contribution in [-0.2, 0) is 6.54 Å². The molecule has 0 amide bonds. The van der Waals surface area contributed by atoms with Crippen LogP contribution in [0, 0.1) is 6.92 Å². The summed E-state index contributed by atoms with van der Waals surface area (Å²) in [5.41, 5.74) is 2.43. The molecule has 0 aliphatic heterocycles. The molecule has 0 bridgehead atoms. The van der Waals surface area contributed by atoms with Crippen molar-refractivity contribution in [1.82, 2.24) is 5.32 Å². The summed E-state index contributed by atoms with van der Waals surface area (Å²) in [6.07, 6.45) is 1.16. The fourth-order valence-electron chi connectivity index (χ4n) is 1.88. The molecule has 2 aromatic carbocycles. The molecule has 0 aromatic heterocycles. The molecule has 0 aliphatic carbocycles. The third kappa shape index (κ3) is 4.87. The molecule has 0 spiro atoms. The van der Waals surface area contributed by atoms with Crippen molar-refractivity contribution in [1.29, 1.82) is 0 Å². The van der Waals surface area contributed by atoms with Gasteiger partial charge in [-0.1, -0.05) is 37.3 Å². The maximum Gasteiger partial charge on any atom is 0.130 e. The van der Waals surface area contributed by atoms with Gasteiger partial charge in [-0.15, -0.1) is 12.4 Å². The smallest absolute Gasteiger partial charge is 0.130 e. The van der Waals surface area contributed by atoms with Crippen molar-refractivity contribution in [3.05, 3.63) is 59.7 Å². The van der Waals surface area contributed by atoms with Crippen LogP contribution in [0.3, 0.4) is 0 Å². The first-order chi connectivity index (χ1) is 9.29. The highest BCUT2D eigenvalue weighted by Gasteiger charge is 2.00. The second kappa shape index (κ2) is 8.62. The molecule has 0 aliphatic rings. The van der Waals surface area contributed by atoms with Gasteiger partial charge in [-0.25, -0.2) is 0 Å². The largest absolute Gasteiger partial charge is 0.457 e. The minimum atomic E-state index is 0. The van der Waals surface area contributed by atoms with Gasteiger partial charge in [0.05, 0.1) is 0 Å². The zero-order valence-electron chi connectivity index (χ0n) is 12.1. The molecule has 3 heteroatoms. The Morgan fingerprint density at radius 3 is 2.35 bits per heavy atom. The first-order valence-electron chi connectivity index (χ1n) is 6.82. The summed E-state index contributed by atoms with van der Waals surface area (Å²) < 4.78 is 5.87. The first-order valence-corrected chi connectivity index (χ1v) is 6.82. The molecule has 0 atom stereocenters. The average Bonchev–Trinajstić information content (AvgIpc) is 2.44. The van der Waals surface area contributed by atoms with E-state index >= 15 is 0 Å². The number of rotatable bonds is 6. The van der Waals surface area contributed by atoms with Gasteiger partial charge in [-0.3, -0.25) is 0 Å². The van der Waals surface area contributed by atoms with Crippen LogP contribution in [0.25, 0.3) is 0 Å². The molecule has 0 saturated carbocycles.